The molecular weight excluding hydrogens is 372 g/mol. The molecule has 12 heteroatoms. The second kappa shape index (κ2) is 9.80. The van der Waals surface area contributed by atoms with E-state index in [0.29, 0.717) is 25.1 Å². The first-order valence-electron chi connectivity index (χ1n) is 8.77. The molecule has 0 bridgehead atoms. The summed E-state index contributed by atoms with van der Waals surface area (Å²) in [5, 5.41) is 22.6. The maximum Gasteiger partial charge on any atom is 0.322 e. The number of H-pyrrole nitrogens is 1. The van der Waals surface area contributed by atoms with Gasteiger partial charge in [-0.05, 0) is 12.8 Å². The van der Waals surface area contributed by atoms with Gasteiger partial charge in [0.05, 0.1) is 12.9 Å². The van der Waals surface area contributed by atoms with Crippen molar-refractivity contribution in [2.24, 2.45) is 5.73 Å². The monoisotopic (exact) mass is 396 g/mol. The number of nitrogens with one attached hydrogen (secondary N) is 3. The number of aliphatic carboxylic acids is 1. The van der Waals surface area contributed by atoms with Crippen LogP contribution in [0.3, 0.4) is 0 Å². The fourth-order valence-corrected chi connectivity index (χ4v) is 2.97. The van der Waals surface area contributed by atoms with Crippen molar-refractivity contribution in [3.05, 3.63) is 18.2 Å². The molecule has 0 radical (unpaired) electrons. The third-order valence-corrected chi connectivity index (χ3v) is 4.38. The molecule has 1 fully saturated rings. The summed E-state index contributed by atoms with van der Waals surface area (Å²) < 4.78 is 0. The molecule has 1 aromatic heterocycles. The highest BCUT2D eigenvalue weighted by Gasteiger charge is 2.37. The molecule has 0 aliphatic carbocycles. The Labute approximate surface area is 160 Å². The van der Waals surface area contributed by atoms with Gasteiger partial charge in [-0.2, -0.15) is 0 Å². The molecule has 3 atom stereocenters. The molecule has 2 rings (SSSR count). The van der Waals surface area contributed by atoms with Gasteiger partial charge in [-0.15, -0.1) is 0 Å². The molecular formula is C16H24N6O6. The average Bonchev–Trinajstić information content (AvgIpc) is 3.35. The summed E-state index contributed by atoms with van der Waals surface area (Å²) >= 11 is 0. The Kier molecular flexibility index (Phi) is 7.46. The minimum absolute atomic E-state index is 0.0635. The Morgan fingerprint density at radius 2 is 2.14 bits per heavy atom. The van der Waals surface area contributed by atoms with Gasteiger partial charge in [-0.1, -0.05) is 0 Å². The minimum atomic E-state index is -1.22. The van der Waals surface area contributed by atoms with Gasteiger partial charge >= 0.3 is 5.97 Å². The highest BCUT2D eigenvalue weighted by molar-refractivity contribution is 5.94. The van der Waals surface area contributed by atoms with E-state index in [9.17, 15) is 19.2 Å². The van der Waals surface area contributed by atoms with Gasteiger partial charge < -0.3 is 36.5 Å². The van der Waals surface area contributed by atoms with E-state index >= 15 is 0 Å². The molecule has 12 nitrogen and oxygen atoms in total. The highest BCUT2D eigenvalue weighted by atomic mass is 16.4. The van der Waals surface area contributed by atoms with Gasteiger partial charge in [0.25, 0.3) is 0 Å². The maximum atomic E-state index is 12.7. The van der Waals surface area contributed by atoms with Crippen LogP contribution in [-0.4, -0.2) is 86.6 Å². The first kappa shape index (κ1) is 21.3. The Balaban J connectivity index is 2.08. The summed E-state index contributed by atoms with van der Waals surface area (Å²) in [6.45, 7) is -0.807. The number of rotatable bonds is 9. The fourth-order valence-electron chi connectivity index (χ4n) is 2.97. The van der Waals surface area contributed by atoms with Crippen molar-refractivity contribution >= 4 is 23.7 Å². The lowest BCUT2D eigenvalue weighted by atomic mass is 10.1. The Bertz CT molecular complexity index is 708. The van der Waals surface area contributed by atoms with Gasteiger partial charge in [0, 0.05) is 24.9 Å². The number of aromatic amines is 1. The van der Waals surface area contributed by atoms with E-state index in [-0.39, 0.29) is 6.42 Å². The minimum Gasteiger partial charge on any atom is -0.480 e. The van der Waals surface area contributed by atoms with Crippen molar-refractivity contribution in [2.45, 2.75) is 37.4 Å². The SMILES string of the molecule is NC(CO)C(=O)N1CCCC1C(=O)NC(Cc1cnc[nH]1)C(=O)NCC(=O)O. The molecule has 7 N–H and O–H groups in total. The number of carboxylic acid groups (broad SMARTS) is 1. The lowest BCUT2D eigenvalue weighted by Gasteiger charge is -2.27. The summed E-state index contributed by atoms with van der Waals surface area (Å²) in [5.74, 6) is -2.98. The van der Waals surface area contributed by atoms with Crippen LogP contribution >= 0.6 is 0 Å². The number of likely N-dealkylation sites (tertiary alicyclic amines) is 1. The smallest absolute Gasteiger partial charge is 0.322 e. The topological polar surface area (TPSA) is 191 Å². The molecule has 0 saturated carbocycles. The molecule has 0 aromatic carbocycles. The number of hydrogen-bond acceptors (Lipinski definition) is 7. The van der Waals surface area contributed by atoms with Gasteiger partial charge in [0.15, 0.2) is 0 Å². The number of carboxylic acids is 1. The zero-order chi connectivity index (χ0) is 20.7. The van der Waals surface area contributed by atoms with Crippen LogP contribution in [0.5, 0.6) is 0 Å². The molecule has 0 spiro atoms. The van der Waals surface area contributed by atoms with E-state index in [1.165, 1.54) is 17.4 Å². The number of imidazole rings is 1. The second-order valence-electron chi connectivity index (χ2n) is 6.43. The Morgan fingerprint density at radius 3 is 2.75 bits per heavy atom. The van der Waals surface area contributed by atoms with E-state index in [4.69, 9.17) is 15.9 Å². The van der Waals surface area contributed by atoms with E-state index in [2.05, 4.69) is 20.6 Å². The Morgan fingerprint density at radius 1 is 1.39 bits per heavy atom. The molecule has 154 valence electrons. The number of carbonyl (C=O) groups is 4. The van der Waals surface area contributed by atoms with Gasteiger partial charge in [0.2, 0.25) is 17.7 Å². The molecule has 1 saturated heterocycles. The van der Waals surface area contributed by atoms with Crippen LogP contribution < -0.4 is 16.4 Å². The molecule has 3 amide bonds. The van der Waals surface area contributed by atoms with Crippen molar-refractivity contribution < 1.29 is 29.4 Å². The zero-order valence-electron chi connectivity index (χ0n) is 15.1. The van der Waals surface area contributed by atoms with Gasteiger partial charge in [-0.25, -0.2) is 4.98 Å². The van der Waals surface area contributed by atoms with Crippen molar-refractivity contribution in [1.29, 1.82) is 0 Å². The van der Waals surface area contributed by atoms with Crippen molar-refractivity contribution in [2.75, 3.05) is 19.7 Å². The number of nitrogens with zero attached hydrogens (tertiary/aromatic N) is 2. The van der Waals surface area contributed by atoms with Crippen LogP contribution in [-0.2, 0) is 25.6 Å². The predicted octanol–water partition coefficient (Wildman–Crippen LogP) is -3.05. The van der Waals surface area contributed by atoms with Crippen LogP contribution in [0.1, 0.15) is 18.5 Å². The number of hydrogen-bond donors (Lipinski definition) is 6. The standard InChI is InChI=1S/C16H24N6O6/c17-10(7-23)16(28)22-3-1-2-12(22)15(27)21-11(4-9-5-18-8-20-9)14(26)19-6-13(24)25/h5,8,10-12,23H,1-4,6-7,17H2,(H,18,20)(H,19,26)(H,21,27)(H,24,25). The number of aliphatic hydroxyl groups excluding tert-OH is 1. The summed E-state index contributed by atoms with van der Waals surface area (Å²) in [5.41, 5.74) is 6.13. The molecule has 3 unspecified atom stereocenters. The van der Waals surface area contributed by atoms with E-state index in [1.54, 1.807) is 0 Å². The van der Waals surface area contributed by atoms with Gasteiger partial charge in [0.1, 0.15) is 24.7 Å². The van der Waals surface area contributed by atoms with Crippen LogP contribution in [0, 0.1) is 0 Å². The third-order valence-electron chi connectivity index (χ3n) is 4.38. The normalized spacial score (nSPS) is 18.4. The third kappa shape index (κ3) is 5.50. The first-order valence-corrected chi connectivity index (χ1v) is 8.77. The number of aromatic nitrogens is 2. The van der Waals surface area contributed by atoms with Crippen LogP contribution in [0.4, 0.5) is 0 Å². The van der Waals surface area contributed by atoms with Crippen molar-refractivity contribution in [1.82, 2.24) is 25.5 Å². The summed E-state index contributed by atoms with van der Waals surface area (Å²) in [6, 6.07) is -2.99. The average molecular weight is 396 g/mol. The van der Waals surface area contributed by atoms with E-state index in [1.807, 2.05) is 0 Å². The number of nitrogens with two attached hydrogens (primary N) is 1. The van der Waals surface area contributed by atoms with Crippen molar-refractivity contribution in [3.8, 4) is 0 Å². The van der Waals surface area contributed by atoms with Gasteiger partial charge in [-0.3, -0.25) is 19.2 Å². The quantitative estimate of drug-likeness (QED) is 0.253. The molecule has 1 aromatic rings. The largest absolute Gasteiger partial charge is 0.480 e. The van der Waals surface area contributed by atoms with Crippen LogP contribution in [0.2, 0.25) is 0 Å². The maximum absolute atomic E-state index is 12.7. The lowest BCUT2D eigenvalue weighted by molar-refractivity contribution is -0.141. The van der Waals surface area contributed by atoms with E-state index in [0.717, 1.165) is 0 Å². The van der Waals surface area contributed by atoms with Crippen LogP contribution in [0.25, 0.3) is 0 Å². The van der Waals surface area contributed by atoms with Crippen molar-refractivity contribution in [3.63, 3.8) is 0 Å². The fraction of sp³-hybridized carbons (Fsp3) is 0.562. The predicted molar refractivity (Wildman–Crippen MR) is 94.7 cm³/mol. The molecule has 1 aliphatic heterocycles. The first-order chi connectivity index (χ1) is 13.3. The second-order valence-corrected chi connectivity index (χ2v) is 6.43. The number of aliphatic hydroxyl groups is 1. The molecule has 28 heavy (non-hydrogen) atoms. The molecule has 2 heterocycles. The summed E-state index contributed by atoms with van der Waals surface area (Å²) in [7, 11) is 0. The molecule has 1 aliphatic rings. The van der Waals surface area contributed by atoms with E-state index < -0.39 is 55.0 Å². The number of amides is 3. The van der Waals surface area contributed by atoms with Crippen LogP contribution in [0.15, 0.2) is 12.5 Å². The lowest BCUT2D eigenvalue weighted by Crippen LogP contribution is -2.56. The highest BCUT2D eigenvalue weighted by Crippen LogP contribution is 2.18. The Hall–Kier alpha value is -2.99. The zero-order valence-corrected chi connectivity index (χ0v) is 15.1. The summed E-state index contributed by atoms with van der Waals surface area (Å²) in [6.07, 6.45) is 3.93. The number of carbonyl (C=O) groups excluding carboxylic acids is 3. The summed E-state index contributed by atoms with van der Waals surface area (Å²) in [4.78, 5) is 55.9.